The number of unbranched alkanes of at least 4 members (excludes halogenated alkanes) is 1. The third kappa shape index (κ3) is 9.10. The summed E-state index contributed by atoms with van der Waals surface area (Å²) < 4.78 is 33.0. The second-order valence-electron chi connectivity index (χ2n) is 10.5. The number of Topliss-reactive ketones (excluding diaryl/α,β-unsaturated/α-hetero) is 1. The smallest absolute Gasteiger partial charge is 0.408 e. The fraction of sp³-hybridized carbons (Fsp3) is 0.519. The summed E-state index contributed by atoms with van der Waals surface area (Å²) in [5.74, 6) is -0.460. The largest absolute Gasteiger partial charge is 0.444 e. The number of pyridine rings is 2. The van der Waals surface area contributed by atoms with E-state index in [0.717, 1.165) is 24.1 Å². The van der Waals surface area contributed by atoms with Crippen molar-refractivity contribution >= 4 is 27.6 Å². The van der Waals surface area contributed by atoms with E-state index < -0.39 is 46.0 Å². The van der Waals surface area contributed by atoms with Crippen LogP contribution in [0.25, 0.3) is 0 Å². The summed E-state index contributed by atoms with van der Waals surface area (Å²) in [6.45, 7) is 8.50. The number of rotatable bonds is 13. The molecule has 0 fully saturated rings. The minimum atomic E-state index is -3.96. The van der Waals surface area contributed by atoms with Crippen molar-refractivity contribution in [3.8, 4) is 0 Å². The van der Waals surface area contributed by atoms with Gasteiger partial charge in [0.2, 0.25) is 0 Å². The average molecular weight is 559 g/mol. The maximum absolute atomic E-state index is 13.0. The Hall–Kier alpha value is -3.38. The van der Waals surface area contributed by atoms with Crippen molar-refractivity contribution in [2.24, 2.45) is 10.5 Å². The molecule has 0 aliphatic carbocycles. The predicted molar refractivity (Wildman–Crippen MR) is 148 cm³/mol. The van der Waals surface area contributed by atoms with Crippen LogP contribution in [0.2, 0.25) is 0 Å². The van der Waals surface area contributed by atoms with Gasteiger partial charge in [-0.05, 0) is 30.7 Å². The Morgan fingerprint density at radius 2 is 1.87 bits per heavy atom. The molecule has 2 N–H and O–H groups in total. The van der Waals surface area contributed by atoms with E-state index in [2.05, 4.69) is 20.0 Å². The van der Waals surface area contributed by atoms with Gasteiger partial charge in [0.25, 0.3) is 10.0 Å². The highest BCUT2D eigenvalue weighted by atomic mass is 32.2. The number of ether oxygens (including phenoxy) is 1. The van der Waals surface area contributed by atoms with Gasteiger partial charge in [-0.25, -0.2) is 22.9 Å². The van der Waals surface area contributed by atoms with E-state index in [4.69, 9.17) is 9.84 Å². The van der Waals surface area contributed by atoms with E-state index in [1.54, 1.807) is 24.5 Å². The van der Waals surface area contributed by atoms with Crippen molar-refractivity contribution in [2.75, 3.05) is 19.6 Å². The first-order valence-electron chi connectivity index (χ1n) is 13.1. The normalized spacial score (nSPS) is 15.4. The van der Waals surface area contributed by atoms with Gasteiger partial charge in [-0.1, -0.05) is 46.6 Å². The third-order valence-electron chi connectivity index (χ3n) is 6.35. The lowest BCUT2D eigenvalue weighted by Crippen LogP contribution is -2.48. The lowest BCUT2D eigenvalue weighted by molar-refractivity contribution is -0.120. The van der Waals surface area contributed by atoms with Crippen molar-refractivity contribution in [3.05, 3.63) is 54.5 Å². The Kier molecular flexibility index (Phi) is 10.5. The summed E-state index contributed by atoms with van der Waals surface area (Å²) in [7, 11) is -3.96. The highest BCUT2D eigenvalue weighted by Gasteiger charge is 2.33. The molecular formula is C27H38N6O5S. The maximum Gasteiger partial charge on any atom is 0.408 e. The van der Waals surface area contributed by atoms with E-state index in [1.807, 2.05) is 44.8 Å². The Labute approximate surface area is 230 Å². The number of amides is 1. The quantitative estimate of drug-likeness (QED) is 0.382. The van der Waals surface area contributed by atoms with Gasteiger partial charge in [-0.2, -0.15) is 5.10 Å². The van der Waals surface area contributed by atoms with Crippen LogP contribution in [0.5, 0.6) is 0 Å². The number of carbonyl (C=O) groups is 2. The highest BCUT2D eigenvalue weighted by Crippen LogP contribution is 2.25. The molecule has 212 valence electrons. The molecule has 3 rings (SSSR count). The summed E-state index contributed by atoms with van der Waals surface area (Å²) in [5.41, 5.74) is 1.57. The average Bonchev–Trinajstić information content (AvgIpc) is 3.38. The second-order valence-corrected chi connectivity index (χ2v) is 12.2. The molecule has 12 heteroatoms. The van der Waals surface area contributed by atoms with Crippen molar-refractivity contribution in [3.63, 3.8) is 0 Å². The van der Waals surface area contributed by atoms with Crippen LogP contribution in [-0.4, -0.2) is 72.8 Å². The van der Waals surface area contributed by atoms with Gasteiger partial charge in [-0.15, -0.1) is 0 Å². The van der Waals surface area contributed by atoms with Crippen LogP contribution < -0.4 is 10.0 Å². The minimum absolute atomic E-state index is 0.181. The topological polar surface area (TPSA) is 143 Å². The molecule has 0 saturated heterocycles. The van der Waals surface area contributed by atoms with E-state index in [1.165, 1.54) is 12.3 Å². The van der Waals surface area contributed by atoms with Crippen LogP contribution >= 0.6 is 0 Å². The van der Waals surface area contributed by atoms with Crippen LogP contribution in [0.4, 0.5) is 4.79 Å². The number of hydrazone groups is 1. The predicted octanol–water partition coefficient (Wildman–Crippen LogP) is 3.13. The lowest BCUT2D eigenvalue weighted by atomic mass is 9.89. The fourth-order valence-corrected chi connectivity index (χ4v) is 4.90. The van der Waals surface area contributed by atoms with Crippen molar-refractivity contribution in [1.82, 2.24) is 25.0 Å². The highest BCUT2D eigenvalue weighted by molar-refractivity contribution is 7.89. The molecule has 2 aromatic rings. The van der Waals surface area contributed by atoms with Gasteiger partial charge >= 0.3 is 6.09 Å². The molecular weight excluding hydrogens is 520 g/mol. The number of nitrogens with one attached hydrogen (secondary N) is 2. The van der Waals surface area contributed by atoms with E-state index >= 15 is 0 Å². The SMILES string of the molecule is CCCC[C@H](NC(=O)O[C@H](CN1CCC(c2ccncc2)=N1)C(C)(C)C)C(=O)CNS(=O)(=O)c1ccccn1. The first-order valence-corrected chi connectivity index (χ1v) is 14.6. The summed E-state index contributed by atoms with van der Waals surface area (Å²) in [6.07, 6.45) is 6.19. The van der Waals surface area contributed by atoms with Gasteiger partial charge in [0.05, 0.1) is 24.8 Å². The number of sulfonamides is 1. The number of hydrogen-bond acceptors (Lipinski definition) is 9. The molecule has 2 aromatic heterocycles. The van der Waals surface area contributed by atoms with E-state index in [-0.39, 0.29) is 5.03 Å². The Balaban J connectivity index is 1.62. The molecule has 1 aliphatic rings. The number of aromatic nitrogens is 2. The van der Waals surface area contributed by atoms with Gasteiger partial charge in [0, 0.05) is 42.5 Å². The zero-order chi connectivity index (χ0) is 28.5. The maximum atomic E-state index is 13.0. The number of ketones is 1. The van der Waals surface area contributed by atoms with Crippen LogP contribution in [-0.2, 0) is 19.6 Å². The molecule has 0 saturated carbocycles. The molecule has 2 atom stereocenters. The molecule has 11 nitrogen and oxygen atoms in total. The molecule has 39 heavy (non-hydrogen) atoms. The third-order valence-corrected chi connectivity index (χ3v) is 7.67. The minimum Gasteiger partial charge on any atom is -0.444 e. The van der Waals surface area contributed by atoms with Crippen molar-refractivity contribution in [2.45, 2.75) is 70.6 Å². The van der Waals surface area contributed by atoms with Crippen molar-refractivity contribution < 1.29 is 22.7 Å². The Bertz CT molecular complexity index is 1230. The van der Waals surface area contributed by atoms with Crippen LogP contribution in [0.3, 0.4) is 0 Å². The summed E-state index contributed by atoms with van der Waals surface area (Å²) in [4.78, 5) is 33.8. The number of alkyl carbamates (subject to hydrolysis) is 1. The number of carbonyl (C=O) groups excluding carboxylic acids is 2. The molecule has 0 spiro atoms. The van der Waals surface area contributed by atoms with E-state index in [9.17, 15) is 18.0 Å². The van der Waals surface area contributed by atoms with Gasteiger partial charge in [0.15, 0.2) is 10.8 Å². The number of nitrogens with zero attached hydrogens (tertiary/aromatic N) is 4. The summed E-state index contributed by atoms with van der Waals surface area (Å²) in [5, 5.41) is 9.09. The van der Waals surface area contributed by atoms with Crippen LogP contribution in [0.1, 0.15) is 58.9 Å². The summed E-state index contributed by atoms with van der Waals surface area (Å²) in [6, 6.07) is 7.42. The van der Waals surface area contributed by atoms with Crippen molar-refractivity contribution in [1.29, 1.82) is 0 Å². The number of hydrogen-bond donors (Lipinski definition) is 2. The molecule has 1 aliphatic heterocycles. The first kappa shape index (κ1) is 30.2. The zero-order valence-corrected chi connectivity index (χ0v) is 23.8. The van der Waals surface area contributed by atoms with Crippen LogP contribution in [0, 0.1) is 5.41 Å². The summed E-state index contributed by atoms with van der Waals surface area (Å²) >= 11 is 0. The van der Waals surface area contributed by atoms with Crippen LogP contribution in [0.15, 0.2) is 59.0 Å². The monoisotopic (exact) mass is 558 g/mol. The Morgan fingerprint density at radius 3 is 2.51 bits per heavy atom. The molecule has 0 unspecified atom stereocenters. The lowest BCUT2D eigenvalue weighted by Gasteiger charge is -2.33. The molecule has 3 heterocycles. The second kappa shape index (κ2) is 13.6. The van der Waals surface area contributed by atoms with Gasteiger partial charge < -0.3 is 10.1 Å². The van der Waals surface area contributed by atoms with Gasteiger partial charge in [-0.3, -0.25) is 14.8 Å². The molecule has 0 aromatic carbocycles. The Morgan fingerprint density at radius 1 is 1.13 bits per heavy atom. The molecule has 1 amide bonds. The fourth-order valence-electron chi connectivity index (χ4n) is 3.96. The van der Waals surface area contributed by atoms with E-state index in [0.29, 0.717) is 25.9 Å². The molecule has 0 bridgehead atoms. The van der Waals surface area contributed by atoms with Gasteiger partial charge in [0.1, 0.15) is 6.10 Å². The first-order chi connectivity index (χ1) is 18.5. The zero-order valence-electron chi connectivity index (χ0n) is 23.0. The molecule has 0 radical (unpaired) electrons. The standard InChI is InChI=1S/C27H38N6O5S/c1-5-6-9-22(23(34)18-30-39(36,37)25-10-7-8-14-29-25)31-26(35)38-24(27(2,3)4)19-33-17-13-21(32-33)20-11-15-28-16-12-20/h7-8,10-12,14-16,22,24,30H,5-6,9,13,17-19H2,1-4H3,(H,31,35)/t22-,24+/m0/s1.